The number of carbonyl (C=O) groups excluding carboxylic acids is 2. The van der Waals surface area contributed by atoms with Crippen LogP contribution in [0.5, 0.6) is 0 Å². The number of hydrogen-bond acceptors (Lipinski definition) is 6. The second-order valence-corrected chi connectivity index (χ2v) is 8.37. The molecule has 3 N–H and O–H groups in total. The Morgan fingerprint density at radius 1 is 1.06 bits per heavy atom. The zero-order chi connectivity index (χ0) is 25.7. The highest BCUT2D eigenvalue weighted by atomic mass is 16.5. The molecule has 0 aliphatic carbocycles. The number of hydrogen-bond donors (Lipinski definition) is 2. The molecule has 0 bridgehead atoms. The number of esters is 1. The van der Waals surface area contributed by atoms with Gasteiger partial charge in [0.2, 0.25) is 0 Å². The topological polar surface area (TPSA) is 127 Å². The number of amidine groups is 1. The number of anilines is 1. The van der Waals surface area contributed by atoms with Gasteiger partial charge < -0.3 is 15.0 Å². The van der Waals surface area contributed by atoms with E-state index in [1.54, 1.807) is 36.5 Å². The number of ether oxygens (including phenoxy) is 1. The zero-order valence-electron chi connectivity index (χ0n) is 20.3. The number of amides is 1. The van der Waals surface area contributed by atoms with Gasteiger partial charge >= 0.3 is 5.97 Å². The number of nitrogen functional groups attached to an aromatic ring is 1. The van der Waals surface area contributed by atoms with Crippen molar-refractivity contribution in [3.05, 3.63) is 89.4 Å². The van der Waals surface area contributed by atoms with E-state index in [4.69, 9.17) is 20.9 Å². The molecule has 0 unspecified atom stereocenters. The molecule has 2 heterocycles. The van der Waals surface area contributed by atoms with Crippen molar-refractivity contribution in [3.63, 3.8) is 0 Å². The predicted molar refractivity (Wildman–Crippen MR) is 138 cm³/mol. The highest BCUT2D eigenvalue weighted by molar-refractivity contribution is 6.07. The number of imidazole rings is 1. The number of pyridine rings is 1. The monoisotopic (exact) mass is 484 g/mol. The van der Waals surface area contributed by atoms with E-state index in [0.29, 0.717) is 23.4 Å². The van der Waals surface area contributed by atoms with E-state index in [1.165, 1.54) is 12.0 Å². The standard InChI is InChI=1S/C27H28N6O3/c1-32-22-12-11-20(27(35)33(16-14-25(34)36-2)23-5-3-4-15-30-23)17-21(22)31-24(32)13-8-18-6-9-19(10-7-18)26(28)29/h3-7,9-12,15,17H,8,13-14,16H2,1-2H3,(H3,28,29). The minimum absolute atomic E-state index is 0.0501. The SMILES string of the molecule is COC(=O)CCN(C(=O)c1ccc2c(c1)nc(CCc1ccc(C(=N)N)cc1)n2C)c1ccccn1. The first kappa shape index (κ1) is 24.6. The lowest BCUT2D eigenvalue weighted by Crippen LogP contribution is -2.33. The van der Waals surface area contributed by atoms with E-state index in [-0.39, 0.29) is 24.7 Å². The first-order valence-corrected chi connectivity index (χ1v) is 11.6. The summed E-state index contributed by atoms with van der Waals surface area (Å²) in [5.74, 6) is 0.748. The van der Waals surface area contributed by atoms with Crippen molar-refractivity contribution in [2.24, 2.45) is 12.8 Å². The van der Waals surface area contributed by atoms with Crippen molar-refractivity contribution < 1.29 is 14.3 Å². The molecular weight excluding hydrogens is 456 g/mol. The summed E-state index contributed by atoms with van der Waals surface area (Å²) in [6, 6.07) is 18.4. The van der Waals surface area contributed by atoms with Gasteiger partial charge in [0.05, 0.1) is 24.6 Å². The maximum Gasteiger partial charge on any atom is 0.307 e. The van der Waals surface area contributed by atoms with E-state index < -0.39 is 5.97 Å². The summed E-state index contributed by atoms with van der Waals surface area (Å²) in [6.45, 7) is 0.149. The minimum Gasteiger partial charge on any atom is -0.469 e. The number of nitrogens with zero attached hydrogens (tertiary/aromatic N) is 4. The van der Waals surface area contributed by atoms with E-state index in [1.807, 2.05) is 41.9 Å². The van der Waals surface area contributed by atoms with E-state index in [2.05, 4.69) is 4.98 Å². The molecule has 0 fully saturated rings. The number of nitrogens with two attached hydrogens (primary N) is 1. The number of rotatable bonds is 9. The molecule has 0 saturated carbocycles. The van der Waals surface area contributed by atoms with Crippen LogP contribution in [0.1, 0.15) is 33.7 Å². The molecule has 36 heavy (non-hydrogen) atoms. The fourth-order valence-corrected chi connectivity index (χ4v) is 4.01. The lowest BCUT2D eigenvalue weighted by atomic mass is 10.1. The smallest absolute Gasteiger partial charge is 0.307 e. The van der Waals surface area contributed by atoms with Crippen LogP contribution in [0, 0.1) is 5.41 Å². The van der Waals surface area contributed by atoms with E-state index in [9.17, 15) is 9.59 Å². The van der Waals surface area contributed by atoms with Crippen molar-refractivity contribution in [1.82, 2.24) is 14.5 Å². The van der Waals surface area contributed by atoms with Crippen LogP contribution >= 0.6 is 0 Å². The molecule has 0 spiro atoms. The van der Waals surface area contributed by atoms with Gasteiger partial charge in [-0.1, -0.05) is 30.3 Å². The summed E-state index contributed by atoms with van der Waals surface area (Å²) in [6.07, 6.45) is 3.16. The van der Waals surface area contributed by atoms with Crippen molar-refractivity contribution in [2.75, 3.05) is 18.6 Å². The molecule has 0 aliphatic heterocycles. The fourth-order valence-electron chi connectivity index (χ4n) is 4.01. The third-order valence-corrected chi connectivity index (χ3v) is 6.06. The van der Waals surface area contributed by atoms with Crippen molar-refractivity contribution in [1.29, 1.82) is 5.41 Å². The minimum atomic E-state index is -0.399. The summed E-state index contributed by atoms with van der Waals surface area (Å²) >= 11 is 0. The third kappa shape index (κ3) is 5.41. The molecule has 184 valence electrons. The maximum atomic E-state index is 13.4. The summed E-state index contributed by atoms with van der Waals surface area (Å²) in [7, 11) is 3.28. The van der Waals surface area contributed by atoms with Crippen molar-refractivity contribution in [2.45, 2.75) is 19.3 Å². The van der Waals surface area contributed by atoms with Gasteiger partial charge in [-0.3, -0.25) is 19.9 Å². The second-order valence-electron chi connectivity index (χ2n) is 8.37. The first-order valence-electron chi connectivity index (χ1n) is 11.6. The van der Waals surface area contributed by atoms with Crippen molar-refractivity contribution in [3.8, 4) is 0 Å². The quantitative estimate of drug-likeness (QED) is 0.213. The number of benzene rings is 2. The van der Waals surface area contributed by atoms with Gasteiger partial charge in [0.25, 0.3) is 5.91 Å². The molecule has 4 rings (SSSR count). The van der Waals surface area contributed by atoms with Crippen LogP contribution in [-0.2, 0) is 29.4 Å². The Balaban J connectivity index is 1.55. The Hall–Kier alpha value is -4.53. The van der Waals surface area contributed by atoms with Gasteiger partial charge in [-0.25, -0.2) is 9.97 Å². The number of aromatic nitrogens is 3. The van der Waals surface area contributed by atoms with Crippen LogP contribution in [0.3, 0.4) is 0 Å². The maximum absolute atomic E-state index is 13.4. The fraction of sp³-hybridized carbons (Fsp3) is 0.222. The number of fused-ring (bicyclic) bond motifs is 1. The summed E-state index contributed by atoms with van der Waals surface area (Å²) in [5.41, 5.74) is 9.46. The molecule has 9 heteroatoms. The average Bonchev–Trinajstić information content (AvgIpc) is 3.22. The van der Waals surface area contributed by atoms with Crippen LogP contribution in [0.15, 0.2) is 66.9 Å². The lowest BCUT2D eigenvalue weighted by Gasteiger charge is -2.21. The summed E-state index contributed by atoms with van der Waals surface area (Å²) < 4.78 is 6.77. The third-order valence-electron chi connectivity index (χ3n) is 6.06. The van der Waals surface area contributed by atoms with Crippen LogP contribution in [-0.4, -0.2) is 45.9 Å². The molecular formula is C27H28N6O3. The number of nitrogens with one attached hydrogen (secondary N) is 1. The molecule has 0 atom stereocenters. The largest absolute Gasteiger partial charge is 0.469 e. The molecule has 2 aromatic carbocycles. The van der Waals surface area contributed by atoms with Crippen LogP contribution in [0.2, 0.25) is 0 Å². The predicted octanol–water partition coefficient (Wildman–Crippen LogP) is 3.25. The molecule has 0 radical (unpaired) electrons. The molecule has 2 aromatic heterocycles. The Morgan fingerprint density at radius 3 is 2.47 bits per heavy atom. The number of methoxy groups -OCH3 is 1. The van der Waals surface area contributed by atoms with Gasteiger partial charge in [-0.15, -0.1) is 0 Å². The van der Waals surface area contributed by atoms with Crippen LogP contribution in [0.4, 0.5) is 5.82 Å². The summed E-state index contributed by atoms with van der Waals surface area (Å²) in [4.78, 5) is 35.7. The molecule has 9 nitrogen and oxygen atoms in total. The highest BCUT2D eigenvalue weighted by Gasteiger charge is 2.21. The Labute approximate surface area is 209 Å². The number of carbonyl (C=O) groups is 2. The normalized spacial score (nSPS) is 10.8. The van der Waals surface area contributed by atoms with Crippen LogP contribution in [0.25, 0.3) is 11.0 Å². The average molecular weight is 485 g/mol. The van der Waals surface area contributed by atoms with Gasteiger partial charge in [0, 0.05) is 37.3 Å². The first-order chi connectivity index (χ1) is 17.4. The lowest BCUT2D eigenvalue weighted by molar-refractivity contribution is -0.140. The van der Waals surface area contributed by atoms with E-state index in [0.717, 1.165) is 28.8 Å². The van der Waals surface area contributed by atoms with Gasteiger partial charge in [-0.05, 0) is 42.3 Å². The van der Waals surface area contributed by atoms with Gasteiger partial charge in [0.15, 0.2) is 0 Å². The molecule has 0 saturated heterocycles. The molecule has 4 aromatic rings. The second kappa shape index (κ2) is 10.8. The summed E-state index contributed by atoms with van der Waals surface area (Å²) in [5, 5.41) is 7.52. The van der Waals surface area contributed by atoms with Gasteiger partial charge in [-0.2, -0.15) is 0 Å². The Morgan fingerprint density at radius 2 is 1.81 bits per heavy atom. The van der Waals surface area contributed by atoms with Gasteiger partial charge in [0.1, 0.15) is 17.5 Å². The van der Waals surface area contributed by atoms with E-state index >= 15 is 0 Å². The highest BCUT2D eigenvalue weighted by Crippen LogP contribution is 2.21. The number of aryl methyl sites for hydroxylation is 3. The molecule has 0 aliphatic rings. The van der Waals surface area contributed by atoms with Crippen LogP contribution < -0.4 is 10.6 Å². The van der Waals surface area contributed by atoms with Crippen molar-refractivity contribution >= 4 is 34.6 Å². The Bertz CT molecular complexity index is 1400. The molecule has 1 amide bonds. The zero-order valence-corrected chi connectivity index (χ0v) is 20.3. The Kier molecular flexibility index (Phi) is 7.39.